The molecule has 2 N–H and O–H groups in total. The summed E-state index contributed by atoms with van der Waals surface area (Å²) in [5.74, 6) is 0.743. The van der Waals surface area contributed by atoms with Gasteiger partial charge >= 0.3 is 0 Å². The van der Waals surface area contributed by atoms with Crippen LogP contribution < -0.4 is 10.5 Å². The molecule has 94 valence electrons. The maximum atomic E-state index is 6.29. The topological polar surface area (TPSA) is 35.2 Å². The summed E-state index contributed by atoms with van der Waals surface area (Å²) in [6.45, 7) is 4.42. The summed E-state index contributed by atoms with van der Waals surface area (Å²) < 4.78 is 5.98. The van der Waals surface area contributed by atoms with E-state index in [1.165, 1.54) is 0 Å². The average Bonchev–Trinajstić information content (AvgIpc) is 2.28. The molecule has 1 aliphatic carbocycles. The van der Waals surface area contributed by atoms with Crippen molar-refractivity contribution in [1.82, 2.24) is 0 Å². The van der Waals surface area contributed by atoms with Crippen molar-refractivity contribution < 1.29 is 4.74 Å². The van der Waals surface area contributed by atoms with Crippen LogP contribution in [0.1, 0.15) is 33.1 Å². The molecule has 1 aromatic rings. The highest BCUT2D eigenvalue weighted by molar-refractivity contribution is 6.32. The summed E-state index contributed by atoms with van der Waals surface area (Å²) in [7, 11) is 0. The summed E-state index contributed by atoms with van der Waals surface area (Å²) in [4.78, 5) is 0. The van der Waals surface area contributed by atoms with Gasteiger partial charge < -0.3 is 10.5 Å². The van der Waals surface area contributed by atoms with Gasteiger partial charge in [0, 0.05) is 6.04 Å². The number of nitrogens with two attached hydrogens (primary N) is 1. The third-order valence-electron chi connectivity index (χ3n) is 3.73. The molecule has 0 bridgehead atoms. The zero-order valence-electron chi connectivity index (χ0n) is 10.4. The first-order chi connectivity index (χ1) is 8.00. The maximum absolute atomic E-state index is 6.29. The fourth-order valence-electron chi connectivity index (χ4n) is 2.44. The van der Waals surface area contributed by atoms with Crippen LogP contribution >= 0.6 is 11.6 Å². The minimum atomic E-state index is 0.0625. The predicted octanol–water partition coefficient (Wildman–Crippen LogP) is 3.62. The normalized spacial score (nSPS) is 27.8. The molecule has 0 amide bonds. The monoisotopic (exact) mass is 253 g/mol. The van der Waals surface area contributed by atoms with E-state index >= 15 is 0 Å². The van der Waals surface area contributed by atoms with E-state index < -0.39 is 0 Å². The number of para-hydroxylation sites is 1. The van der Waals surface area contributed by atoms with Crippen molar-refractivity contribution >= 4 is 11.6 Å². The molecule has 17 heavy (non-hydrogen) atoms. The van der Waals surface area contributed by atoms with Crippen molar-refractivity contribution in [2.24, 2.45) is 11.1 Å². The highest BCUT2D eigenvalue weighted by Gasteiger charge is 2.37. The largest absolute Gasteiger partial charge is 0.487 e. The third-order valence-corrected chi connectivity index (χ3v) is 4.04. The Morgan fingerprint density at radius 1 is 1.35 bits per heavy atom. The first-order valence-corrected chi connectivity index (χ1v) is 6.55. The molecule has 1 saturated carbocycles. The van der Waals surface area contributed by atoms with Crippen molar-refractivity contribution in [3.8, 4) is 5.75 Å². The minimum absolute atomic E-state index is 0.0625. The van der Waals surface area contributed by atoms with Crippen molar-refractivity contribution in [2.45, 2.75) is 45.3 Å². The lowest BCUT2D eigenvalue weighted by Gasteiger charge is -2.41. The van der Waals surface area contributed by atoms with Gasteiger partial charge in [-0.3, -0.25) is 0 Å². The molecular weight excluding hydrogens is 234 g/mol. The molecule has 0 aliphatic heterocycles. The van der Waals surface area contributed by atoms with Crippen molar-refractivity contribution in [3.05, 3.63) is 29.3 Å². The zero-order chi connectivity index (χ0) is 12.5. The van der Waals surface area contributed by atoms with Gasteiger partial charge in [0.15, 0.2) is 0 Å². The molecule has 0 aromatic heterocycles. The molecule has 0 heterocycles. The Bertz CT molecular complexity index is 392. The van der Waals surface area contributed by atoms with Gasteiger partial charge in [-0.25, -0.2) is 0 Å². The molecule has 2 rings (SSSR count). The number of rotatable bonds is 2. The number of hydrogen-bond donors (Lipinski definition) is 1. The van der Waals surface area contributed by atoms with Crippen LogP contribution in [0.15, 0.2) is 24.3 Å². The Kier molecular flexibility index (Phi) is 3.64. The van der Waals surface area contributed by atoms with Crippen LogP contribution in [0.25, 0.3) is 0 Å². The van der Waals surface area contributed by atoms with Crippen molar-refractivity contribution in [1.29, 1.82) is 0 Å². The summed E-state index contributed by atoms with van der Waals surface area (Å²) in [5.41, 5.74) is 6.43. The molecule has 0 saturated heterocycles. The second kappa shape index (κ2) is 4.87. The number of benzene rings is 1. The fraction of sp³-hybridized carbons (Fsp3) is 0.571. The molecule has 1 aliphatic rings. The lowest BCUT2D eigenvalue weighted by molar-refractivity contribution is 0.0568. The van der Waals surface area contributed by atoms with Gasteiger partial charge in [0.05, 0.1) is 5.02 Å². The molecule has 0 radical (unpaired) electrons. The quantitative estimate of drug-likeness (QED) is 0.874. The maximum Gasteiger partial charge on any atom is 0.138 e. The summed E-state index contributed by atoms with van der Waals surface area (Å²) in [6, 6.07) is 7.64. The van der Waals surface area contributed by atoms with E-state index in [2.05, 4.69) is 13.8 Å². The molecule has 2 atom stereocenters. The fourth-order valence-corrected chi connectivity index (χ4v) is 2.62. The number of ether oxygens (including phenoxy) is 1. The van der Waals surface area contributed by atoms with Gasteiger partial charge in [0.1, 0.15) is 11.9 Å². The molecular formula is C14H20ClNO. The summed E-state index contributed by atoms with van der Waals surface area (Å²) in [5, 5.41) is 0.656. The summed E-state index contributed by atoms with van der Waals surface area (Å²) >= 11 is 6.10. The average molecular weight is 254 g/mol. The third kappa shape index (κ3) is 2.75. The second-order valence-electron chi connectivity index (χ2n) is 5.49. The van der Waals surface area contributed by atoms with Crippen LogP contribution in [-0.2, 0) is 0 Å². The van der Waals surface area contributed by atoms with Crippen LogP contribution in [-0.4, -0.2) is 12.1 Å². The highest BCUT2D eigenvalue weighted by Crippen LogP contribution is 2.37. The van der Waals surface area contributed by atoms with E-state index in [9.17, 15) is 0 Å². The standard InChI is InChI=1S/C14H20ClNO/c1-14(2)9-5-8-12(13(14)16)17-11-7-4-3-6-10(11)15/h3-4,6-7,12-13H,5,8-9,16H2,1-2H3. The molecule has 3 heteroatoms. The zero-order valence-corrected chi connectivity index (χ0v) is 11.2. The van der Waals surface area contributed by atoms with E-state index in [0.717, 1.165) is 25.0 Å². The Balaban J connectivity index is 2.11. The Morgan fingerprint density at radius 2 is 2.06 bits per heavy atom. The van der Waals surface area contributed by atoms with Crippen LogP contribution in [0.4, 0.5) is 0 Å². The molecule has 2 nitrogen and oxygen atoms in total. The first-order valence-electron chi connectivity index (χ1n) is 6.17. The Morgan fingerprint density at radius 3 is 2.76 bits per heavy atom. The van der Waals surface area contributed by atoms with Crippen LogP contribution in [0, 0.1) is 5.41 Å². The highest BCUT2D eigenvalue weighted by atomic mass is 35.5. The van der Waals surface area contributed by atoms with Crippen LogP contribution in [0.5, 0.6) is 5.75 Å². The molecule has 1 aromatic carbocycles. The molecule has 2 unspecified atom stereocenters. The predicted molar refractivity (Wildman–Crippen MR) is 71.5 cm³/mol. The van der Waals surface area contributed by atoms with Crippen LogP contribution in [0.2, 0.25) is 5.02 Å². The van der Waals surface area contributed by atoms with Gasteiger partial charge in [-0.2, -0.15) is 0 Å². The number of halogens is 1. The van der Waals surface area contributed by atoms with Crippen LogP contribution in [0.3, 0.4) is 0 Å². The van der Waals surface area contributed by atoms with Crippen molar-refractivity contribution in [3.63, 3.8) is 0 Å². The molecule has 0 spiro atoms. The van der Waals surface area contributed by atoms with Gasteiger partial charge in [-0.05, 0) is 36.8 Å². The lowest BCUT2D eigenvalue weighted by Crippen LogP contribution is -2.51. The Hall–Kier alpha value is -0.730. The molecule has 1 fully saturated rings. The van der Waals surface area contributed by atoms with E-state index in [0.29, 0.717) is 5.02 Å². The SMILES string of the molecule is CC1(C)CCCC(Oc2ccccc2Cl)C1N. The van der Waals surface area contributed by atoms with Gasteiger partial charge in [-0.15, -0.1) is 0 Å². The first kappa shape index (κ1) is 12.7. The van der Waals surface area contributed by atoms with E-state index in [-0.39, 0.29) is 17.6 Å². The van der Waals surface area contributed by atoms with Gasteiger partial charge in [0.25, 0.3) is 0 Å². The number of hydrogen-bond acceptors (Lipinski definition) is 2. The lowest BCUT2D eigenvalue weighted by atomic mass is 9.72. The smallest absolute Gasteiger partial charge is 0.138 e. The van der Waals surface area contributed by atoms with Gasteiger partial charge in [-0.1, -0.05) is 37.6 Å². The van der Waals surface area contributed by atoms with E-state index in [1.807, 2.05) is 24.3 Å². The van der Waals surface area contributed by atoms with Crippen molar-refractivity contribution in [2.75, 3.05) is 0 Å². The second-order valence-corrected chi connectivity index (χ2v) is 5.90. The van der Waals surface area contributed by atoms with E-state index in [4.69, 9.17) is 22.1 Å². The minimum Gasteiger partial charge on any atom is -0.487 e. The Labute approximate surface area is 108 Å². The summed E-state index contributed by atoms with van der Waals surface area (Å²) in [6.07, 6.45) is 3.40. The van der Waals surface area contributed by atoms with E-state index in [1.54, 1.807) is 0 Å². The van der Waals surface area contributed by atoms with Gasteiger partial charge in [0.2, 0.25) is 0 Å².